The van der Waals surface area contributed by atoms with Crippen molar-refractivity contribution >= 4 is 27.5 Å². The monoisotopic (exact) mass is 261 g/mol. The molecule has 4 nitrogen and oxygen atoms in total. The predicted molar refractivity (Wildman–Crippen MR) is 70.9 cm³/mol. The maximum absolute atomic E-state index is 9.44. The van der Waals surface area contributed by atoms with Crippen LogP contribution in [0.15, 0.2) is 0 Å². The highest BCUT2D eigenvalue weighted by molar-refractivity contribution is 6.18. The fourth-order valence-corrected chi connectivity index (χ4v) is 0.763. The second-order valence-corrected chi connectivity index (χ2v) is 5.02. The SMILES string of the molecule is CC(C)=O.CC(C)=O.CC(C)[O][Al][O]C(C)C. The first-order valence-electron chi connectivity index (χ1n) is 5.66. The summed E-state index contributed by atoms with van der Waals surface area (Å²) in [6.45, 7) is 14.2. The maximum Gasteiger partial charge on any atom is 0.668 e. The Bertz CT molecular complexity index is 163. The highest BCUT2D eigenvalue weighted by Crippen LogP contribution is 1.89. The van der Waals surface area contributed by atoms with Gasteiger partial charge < -0.3 is 17.2 Å². The number of Topliss-reactive ketones (excluding diaryl/α,β-unsaturated/α-hetero) is 2. The van der Waals surface area contributed by atoms with Crippen molar-refractivity contribution in [1.29, 1.82) is 0 Å². The molecule has 0 aromatic carbocycles. The van der Waals surface area contributed by atoms with Gasteiger partial charge in [0.1, 0.15) is 11.6 Å². The molecule has 0 unspecified atom stereocenters. The van der Waals surface area contributed by atoms with Crippen molar-refractivity contribution in [3.8, 4) is 0 Å². The summed E-state index contributed by atoms with van der Waals surface area (Å²) in [5, 5.41) is 0. The zero-order chi connectivity index (χ0) is 14.4. The van der Waals surface area contributed by atoms with Crippen LogP contribution in [0.1, 0.15) is 55.4 Å². The van der Waals surface area contributed by atoms with E-state index in [9.17, 15) is 9.59 Å². The summed E-state index contributed by atoms with van der Waals surface area (Å²) in [5.41, 5.74) is 0. The number of ketones is 2. The van der Waals surface area contributed by atoms with E-state index in [0.717, 1.165) is 0 Å². The van der Waals surface area contributed by atoms with E-state index in [1.54, 1.807) is 0 Å². The molecule has 0 heterocycles. The molecule has 0 N–H and O–H groups in total. The molecule has 0 amide bonds. The van der Waals surface area contributed by atoms with Crippen molar-refractivity contribution in [3.05, 3.63) is 0 Å². The lowest BCUT2D eigenvalue weighted by molar-refractivity contribution is -0.115. The van der Waals surface area contributed by atoms with Gasteiger partial charge in [0.25, 0.3) is 0 Å². The molecule has 0 rings (SSSR count). The van der Waals surface area contributed by atoms with Crippen LogP contribution in [-0.4, -0.2) is 39.7 Å². The Morgan fingerprint density at radius 3 is 1.06 bits per heavy atom. The summed E-state index contributed by atoms with van der Waals surface area (Å²) >= 11 is -0.245. The minimum absolute atomic E-state index is 0.167. The van der Waals surface area contributed by atoms with E-state index < -0.39 is 0 Å². The van der Waals surface area contributed by atoms with E-state index in [1.165, 1.54) is 27.7 Å². The third kappa shape index (κ3) is 89.5. The fraction of sp³-hybridized carbons (Fsp3) is 0.833. The van der Waals surface area contributed by atoms with Gasteiger partial charge in [0, 0.05) is 12.2 Å². The summed E-state index contributed by atoms with van der Waals surface area (Å²) in [7, 11) is 0. The number of carbonyl (C=O) groups is 2. The van der Waals surface area contributed by atoms with Gasteiger partial charge in [0.05, 0.1) is 0 Å². The Hall–Kier alpha value is -0.208. The Kier molecular flexibility index (Phi) is 20.5. The first-order valence-corrected chi connectivity index (χ1v) is 6.60. The Morgan fingerprint density at radius 2 is 0.941 bits per heavy atom. The van der Waals surface area contributed by atoms with Crippen molar-refractivity contribution in [2.75, 3.05) is 0 Å². The molecule has 0 aliphatic rings. The molecule has 0 aromatic heterocycles. The van der Waals surface area contributed by atoms with E-state index in [0.29, 0.717) is 12.2 Å². The molecule has 0 saturated carbocycles. The molecule has 0 bridgehead atoms. The smallest absolute Gasteiger partial charge is 0.482 e. The van der Waals surface area contributed by atoms with E-state index in [1.807, 2.05) is 27.7 Å². The van der Waals surface area contributed by atoms with Gasteiger partial charge in [-0.3, -0.25) is 0 Å². The van der Waals surface area contributed by atoms with Crippen LogP contribution in [0.3, 0.4) is 0 Å². The first kappa shape index (κ1) is 22.0. The molecule has 0 aliphatic carbocycles. The minimum atomic E-state index is -0.245. The highest BCUT2D eigenvalue weighted by atomic mass is 27.2. The van der Waals surface area contributed by atoms with Crippen LogP contribution in [0, 0.1) is 0 Å². The molecule has 0 atom stereocenters. The molecule has 1 radical (unpaired) electrons. The Labute approximate surface area is 112 Å². The lowest BCUT2D eigenvalue weighted by atomic mass is 10.5. The average molecular weight is 261 g/mol. The summed E-state index contributed by atoms with van der Waals surface area (Å²) in [6, 6.07) is 0. The van der Waals surface area contributed by atoms with Crippen LogP contribution in [0.4, 0.5) is 0 Å². The molecule has 17 heavy (non-hydrogen) atoms. The Morgan fingerprint density at radius 1 is 0.765 bits per heavy atom. The van der Waals surface area contributed by atoms with Gasteiger partial charge in [-0.1, -0.05) is 0 Å². The van der Waals surface area contributed by atoms with Crippen molar-refractivity contribution in [3.63, 3.8) is 0 Å². The quantitative estimate of drug-likeness (QED) is 0.730. The molecule has 0 spiro atoms. The van der Waals surface area contributed by atoms with Gasteiger partial charge in [-0.15, -0.1) is 0 Å². The lowest BCUT2D eigenvalue weighted by Crippen LogP contribution is -2.14. The second-order valence-electron chi connectivity index (χ2n) is 4.28. The molecule has 0 aliphatic heterocycles. The highest BCUT2D eigenvalue weighted by Gasteiger charge is 2.01. The van der Waals surface area contributed by atoms with Crippen molar-refractivity contribution in [1.82, 2.24) is 0 Å². The lowest BCUT2D eigenvalue weighted by Gasteiger charge is -2.09. The fourth-order valence-electron chi connectivity index (χ4n) is 0.254. The summed E-state index contributed by atoms with van der Waals surface area (Å²) < 4.78 is 10.4. The standard InChI is InChI=1S/2C3H7O.2C3H6O.Al/c4*1-3(2)4;/h2*3H,1-2H3;2*1-2H3;/q2*-1;;;+2. The van der Waals surface area contributed by atoms with Crippen LogP contribution in [0.2, 0.25) is 0 Å². The minimum Gasteiger partial charge on any atom is -0.482 e. The topological polar surface area (TPSA) is 52.6 Å². The van der Waals surface area contributed by atoms with Crippen LogP contribution < -0.4 is 0 Å². The zero-order valence-electron chi connectivity index (χ0n) is 12.4. The van der Waals surface area contributed by atoms with Crippen molar-refractivity contribution < 1.29 is 17.2 Å². The second kappa shape index (κ2) is 15.8. The van der Waals surface area contributed by atoms with E-state index >= 15 is 0 Å². The molecular formula is C12H26AlO4. The van der Waals surface area contributed by atoms with Gasteiger partial charge in [0.15, 0.2) is 0 Å². The van der Waals surface area contributed by atoms with Gasteiger partial charge >= 0.3 is 15.9 Å². The molecule has 0 aromatic rings. The van der Waals surface area contributed by atoms with Crippen LogP contribution in [-0.2, 0) is 17.2 Å². The van der Waals surface area contributed by atoms with E-state index in [-0.39, 0.29) is 27.5 Å². The van der Waals surface area contributed by atoms with Crippen LogP contribution in [0.5, 0.6) is 0 Å². The largest absolute Gasteiger partial charge is 0.668 e. The third-order valence-corrected chi connectivity index (χ3v) is 1.97. The molecular weight excluding hydrogens is 235 g/mol. The molecule has 101 valence electrons. The maximum atomic E-state index is 9.44. The van der Waals surface area contributed by atoms with E-state index in [2.05, 4.69) is 0 Å². The summed E-state index contributed by atoms with van der Waals surface area (Å²) in [4.78, 5) is 18.9. The van der Waals surface area contributed by atoms with Crippen LogP contribution >= 0.6 is 0 Å². The normalized spacial score (nSPS) is 8.82. The van der Waals surface area contributed by atoms with Gasteiger partial charge in [-0.05, 0) is 55.4 Å². The molecule has 5 heteroatoms. The number of carbonyl (C=O) groups excluding carboxylic acids is 2. The number of rotatable bonds is 4. The molecule has 0 fully saturated rings. The first-order chi connectivity index (χ1) is 7.59. The zero-order valence-corrected chi connectivity index (χ0v) is 13.5. The summed E-state index contributed by atoms with van der Waals surface area (Å²) in [6.07, 6.45) is 0.609. The van der Waals surface area contributed by atoms with Gasteiger partial charge in [0.2, 0.25) is 0 Å². The van der Waals surface area contributed by atoms with Crippen molar-refractivity contribution in [2.24, 2.45) is 0 Å². The third-order valence-electron chi connectivity index (χ3n) is 0.655. The average Bonchev–Trinajstić information content (AvgIpc) is 1.99. The van der Waals surface area contributed by atoms with Crippen molar-refractivity contribution in [2.45, 2.75) is 67.6 Å². The Balaban J connectivity index is -0.000000205. The van der Waals surface area contributed by atoms with E-state index in [4.69, 9.17) is 7.58 Å². The van der Waals surface area contributed by atoms with Gasteiger partial charge in [-0.2, -0.15) is 0 Å². The summed E-state index contributed by atoms with van der Waals surface area (Å²) in [5.74, 6) is 0.333. The predicted octanol–water partition coefficient (Wildman–Crippen LogP) is 2.56. The van der Waals surface area contributed by atoms with Crippen LogP contribution in [0.25, 0.3) is 0 Å². The van der Waals surface area contributed by atoms with Gasteiger partial charge in [-0.25, -0.2) is 0 Å². The molecule has 0 saturated heterocycles. The number of hydrogen-bond acceptors (Lipinski definition) is 4. The number of hydrogen-bond donors (Lipinski definition) is 0.